The molecule has 1 amide bonds. The fraction of sp³-hybridized carbons (Fsp3) is 0.241. The van der Waals surface area contributed by atoms with Crippen molar-refractivity contribution in [3.05, 3.63) is 94.3 Å². The number of hydrogen-bond donors (Lipinski definition) is 1. The number of anilines is 1. The second kappa shape index (κ2) is 9.85. The molecule has 1 atom stereocenters. The van der Waals surface area contributed by atoms with Gasteiger partial charge < -0.3 is 14.6 Å². The van der Waals surface area contributed by atoms with E-state index >= 15 is 0 Å². The van der Waals surface area contributed by atoms with E-state index < -0.39 is 23.5 Å². The Morgan fingerprint density at radius 2 is 1.61 bits per heavy atom. The van der Waals surface area contributed by atoms with Gasteiger partial charge in [0.05, 0.1) is 25.8 Å². The Hall–Kier alpha value is -4.13. The van der Waals surface area contributed by atoms with Crippen molar-refractivity contribution in [3.63, 3.8) is 0 Å². The summed E-state index contributed by atoms with van der Waals surface area (Å²) >= 11 is 0. The average Bonchev–Trinajstić information content (AvgIpc) is 3.13. The Bertz CT molecular complexity index is 1360. The Balaban J connectivity index is 2.02. The van der Waals surface area contributed by atoms with Crippen molar-refractivity contribution in [3.8, 4) is 11.5 Å². The first kappa shape index (κ1) is 25.0. The van der Waals surface area contributed by atoms with Crippen molar-refractivity contribution < 1.29 is 28.6 Å². The first-order valence-electron chi connectivity index (χ1n) is 11.6. The summed E-state index contributed by atoms with van der Waals surface area (Å²) in [5.74, 6) is -1.24. The van der Waals surface area contributed by atoms with Gasteiger partial charge in [0, 0.05) is 16.8 Å². The van der Waals surface area contributed by atoms with E-state index in [2.05, 4.69) is 0 Å². The lowest BCUT2D eigenvalue weighted by Gasteiger charge is -2.27. The van der Waals surface area contributed by atoms with E-state index in [1.807, 2.05) is 13.8 Å². The Labute approximate surface area is 209 Å². The lowest BCUT2D eigenvalue weighted by molar-refractivity contribution is -0.132. The molecule has 7 heteroatoms. The Morgan fingerprint density at radius 3 is 2.22 bits per heavy atom. The maximum absolute atomic E-state index is 13.7. The molecule has 4 rings (SSSR count). The SMILES string of the molecule is COc1cc(C)c(/C(O)=C2\C(=O)C(=O)N(c3ccc(F)cc3)C2c2ccccc2OC)cc1C(C)C. The summed E-state index contributed by atoms with van der Waals surface area (Å²) in [5, 5.41) is 11.6. The number of methoxy groups -OCH3 is 2. The summed E-state index contributed by atoms with van der Waals surface area (Å²) in [6.07, 6.45) is 0. The highest BCUT2D eigenvalue weighted by molar-refractivity contribution is 6.51. The molecule has 1 aliphatic rings. The number of ketones is 1. The van der Waals surface area contributed by atoms with Gasteiger partial charge in [-0.05, 0) is 66.4 Å². The summed E-state index contributed by atoms with van der Waals surface area (Å²) < 4.78 is 24.7. The maximum atomic E-state index is 13.7. The van der Waals surface area contributed by atoms with Crippen molar-refractivity contribution in [1.82, 2.24) is 0 Å². The number of halogens is 1. The number of rotatable bonds is 6. The molecule has 6 nitrogen and oxygen atoms in total. The van der Waals surface area contributed by atoms with E-state index in [1.165, 1.54) is 36.3 Å². The predicted octanol–water partition coefficient (Wildman–Crippen LogP) is 5.90. The number of hydrogen-bond acceptors (Lipinski definition) is 5. The molecule has 1 heterocycles. The number of benzene rings is 3. The summed E-state index contributed by atoms with van der Waals surface area (Å²) in [4.78, 5) is 28.1. The number of aliphatic hydroxyl groups is 1. The minimum absolute atomic E-state index is 0.0724. The fourth-order valence-corrected chi connectivity index (χ4v) is 4.61. The van der Waals surface area contributed by atoms with Gasteiger partial charge in [-0.25, -0.2) is 4.39 Å². The van der Waals surface area contributed by atoms with Crippen molar-refractivity contribution in [2.45, 2.75) is 32.7 Å². The van der Waals surface area contributed by atoms with Crippen LogP contribution in [0.3, 0.4) is 0 Å². The van der Waals surface area contributed by atoms with Crippen LogP contribution in [0.5, 0.6) is 11.5 Å². The number of amides is 1. The summed E-state index contributed by atoms with van der Waals surface area (Å²) in [6.45, 7) is 5.80. The smallest absolute Gasteiger partial charge is 0.300 e. The number of para-hydroxylation sites is 1. The third-order valence-electron chi connectivity index (χ3n) is 6.44. The lowest BCUT2D eigenvalue weighted by atomic mass is 9.90. The molecule has 1 fully saturated rings. The third kappa shape index (κ3) is 4.21. The van der Waals surface area contributed by atoms with Crippen LogP contribution in [0.4, 0.5) is 10.1 Å². The number of nitrogens with zero attached hydrogens (tertiary/aromatic N) is 1. The molecule has 1 saturated heterocycles. The number of carbonyl (C=O) groups is 2. The monoisotopic (exact) mass is 489 g/mol. The van der Waals surface area contributed by atoms with Gasteiger partial charge in [0.15, 0.2) is 0 Å². The molecule has 0 spiro atoms. The van der Waals surface area contributed by atoms with Crippen molar-refractivity contribution in [2.75, 3.05) is 19.1 Å². The molecule has 1 unspecified atom stereocenters. The van der Waals surface area contributed by atoms with Gasteiger partial charge in [0.2, 0.25) is 0 Å². The van der Waals surface area contributed by atoms with Crippen LogP contribution in [0.15, 0.2) is 66.2 Å². The van der Waals surface area contributed by atoms with Crippen LogP contribution in [0.25, 0.3) is 5.76 Å². The van der Waals surface area contributed by atoms with Crippen LogP contribution in [-0.4, -0.2) is 31.0 Å². The molecule has 186 valence electrons. The van der Waals surface area contributed by atoms with Crippen molar-refractivity contribution in [1.29, 1.82) is 0 Å². The number of aliphatic hydroxyl groups excluding tert-OH is 1. The first-order chi connectivity index (χ1) is 17.2. The van der Waals surface area contributed by atoms with Crippen LogP contribution in [0.1, 0.15) is 48.1 Å². The van der Waals surface area contributed by atoms with Crippen molar-refractivity contribution in [2.24, 2.45) is 0 Å². The Morgan fingerprint density at radius 1 is 0.972 bits per heavy atom. The summed E-state index contributed by atoms with van der Waals surface area (Å²) in [6, 6.07) is 14.9. The van der Waals surface area contributed by atoms with Gasteiger partial charge in [-0.1, -0.05) is 32.0 Å². The molecule has 0 aliphatic carbocycles. The third-order valence-corrected chi connectivity index (χ3v) is 6.44. The van der Waals surface area contributed by atoms with E-state index in [-0.39, 0.29) is 17.3 Å². The molecule has 1 N–H and O–H groups in total. The minimum Gasteiger partial charge on any atom is -0.507 e. The van der Waals surface area contributed by atoms with Gasteiger partial charge in [-0.2, -0.15) is 0 Å². The zero-order chi connectivity index (χ0) is 26.1. The summed E-state index contributed by atoms with van der Waals surface area (Å²) in [7, 11) is 3.07. The molecular formula is C29H28FNO5. The molecule has 0 bridgehead atoms. The number of Topliss-reactive ketones (excluding diaryl/α,β-unsaturated/α-hetero) is 1. The molecule has 3 aromatic rings. The number of aryl methyl sites for hydroxylation is 1. The topological polar surface area (TPSA) is 76.1 Å². The second-order valence-corrected chi connectivity index (χ2v) is 8.95. The number of ether oxygens (including phenoxy) is 2. The molecule has 0 aromatic heterocycles. The van der Waals surface area contributed by atoms with Crippen LogP contribution >= 0.6 is 0 Å². The average molecular weight is 490 g/mol. The first-order valence-corrected chi connectivity index (χ1v) is 11.6. The van der Waals surface area contributed by atoms with E-state index in [9.17, 15) is 19.1 Å². The number of carbonyl (C=O) groups excluding carboxylic acids is 2. The van der Waals surface area contributed by atoms with Gasteiger partial charge >= 0.3 is 0 Å². The van der Waals surface area contributed by atoms with E-state index in [0.29, 0.717) is 33.9 Å². The van der Waals surface area contributed by atoms with Crippen LogP contribution in [-0.2, 0) is 9.59 Å². The molecule has 0 radical (unpaired) electrons. The lowest BCUT2D eigenvalue weighted by Crippen LogP contribution is -2.29. The van der Waals surface area contributed by atoms with Gasteiger partial charge in [-0.15, -0.1) is 0 Å². The highest BCUT2D eigenvalue weighted by atomic mass is 19.1. The molecule has 3 aromatic carbocycles. The van der Waals surface area contributed by atoms with Crippen LogP contribution in [0.2, 0.25) is 0 Å². The van der Waals surface area contributed by atoms with Gasteiger partial charge in [-0.3, -0.25) is 14.5 Å². The van der Waals surface area contributed by atoms with Gasteiger partial charge in [0.25, 0.3) is 11.7 Å². The van der Waals surface area contributed by atoms with Crippen LogP contribution < -0.4 is 14.4 Å². The molecule has 1 aliphatic heterocycles. The zero-order valence-corrected chi connectivity index (χ0v) is 20.8. The zero-order valence-electron chi connectivity index (χ0n) is 20.8. The van der Waals surface area contributed by atoms with Crippen molar-refractivity contribution >= 4 is 23.1 Å². The quantitative estimate of drug-likeness (QED) is 0.265. The van der Waals surface area contributed by atoms with E-state index in [1.54, 1.807) is 50.4 Å². The fourth-order valence-electron chi connectivity index (χ4n) is 4.61. The standard InChI is InChI=1S/C29H28FNO5/c1-16(2)21-15-22(17(3)14-24(21)36-5)27(32)25-26(20-8-6-7-9-23(20)35-4)31(29(34)28(25)33)19-12-10-18(30)11-13-19/h6-16,26,32H,1-5H3/b27-25+. The second-order valence-electron chi connectivity index (χ2n) is 8.95. The van der Waals surface area contributed by atoms with E-state index in [0.717, 1.165) is 5.56 Å². The molecule has 36 heavy (non-hydrogen) atoms. The van der Waals surface area contributed by atoms with E-state index in [4.69, 9.17) is 9.47 Å². The molecular weight excluding hydrogens is 461 g/mol. The van der Waals surface area contributed by atoms with Crippen LogP contribution in [0, 0.1) is 12.7 Å². The molecule has 0 saturated carbocycles. The predicted molar refractivity (Wildman–Crippen MR) is 136 cm³/mol. The van der Waals surface area contributed by atoms with Gasteiger partial charge in [0.1, 0.15) is 23.1 Å². The summed E-state index contributed by atoms with van der Waals surface area (Å²) in [5.41, 5.74) is 2.73. The normalized spacial score (nSPS) is 17.1. The Kier molecular flexibility index (Phi) is 6.84. The largest absolute Gasteiger partial charge is 0.507 e. The minimum atomic E-state index is -0.990. The maximum Gasteiger partial charge on any atom is 0.300 e. The highest BCUT2D eigenvalue weighted by Gasteiger charge is 2.48. The highest BCUT2D eigenvalue weighted by Crippen LogP contribution is 2.45.